The quantitative estimate of drug-likeness (QED) is 0.835. The zero-order valence-corrected chi connectivity index (χ0v) is 14.0. The topological polar surface area (TPSA) is 44.1 Å². The Labute approximate surface area is 140 Å². The van der Waals surface area contributed by atoms with Gasteiger partial charge in [0.2, 0.25) is 0 Å². The Hall–Kier alpha value is -1.69. The first-order chi connectivity index (χ1) is 11.2. The molecular weight excluding hydrogens is 318 g/mol. The van der Waals surface area contributed by atoms with E-state index in [0.717, 1.165) is 31.0 Å². The van der Waals surface area contributed by atoms with Crippen molar-refractivity contribution in [3.05, 3.63) is 46.9 Å². The van der Waals surface area contributed by atoms with E-state index < -0.39 is 0 Å². The lowest BCUT2D eigenvalue weighted by Crippen LogP contribution is -2.37. The fourth-order valence-corrected chi connectivity index (χ4v) is 3.08. The smallest absolute Gasteiger partial charge is 0.179 e. The molecule has 3 rings (SSSR count). The van der Waals surface area contributed by atoms with Crippen LogP contribution in [0.25, 0.3) is 0 Å². The van der Waals surface area contributed by atoms with Crippen LogP contribution in [0.2, 0.25) is 5.02 Å². The first-order valence-corrected chi connectivity index (χ1v) is 7.87. The largest absolute Gasteiger partial charge is 0.493 e. The van der Waals surface area contributed by atoms with E-state index in [4.69, 9.17) is 30.2 Å². The molecule has 23 heavy (non-hydrogen) atoms. The number of rotatable bonds is 5. The number of hydrogen-bond acceptors (Lipinski definition) is 5. The SMILES string of the molecule is COc1ccc(CN2CCO[C@H](c3ccco3)C2)c(Cl)c1OC. The van der Waals surface area contributed by atoms with Crippen LogP contribution in [0.5, 0.6) is 11.5 Å². The molecule has 1 aromatic heterocycles. The van der Waals surface area contributed by atoms with Crippen LogP contribution in [-0.4, -0.2) is 38.8 Å². The maximum Gasteiger partial charge on any atom is 0.179 e. The third kappa shape index (κ3) is 3.47. The third-order valence-corrected chi connectivity index (χ3v) is 4.38. The van der Waals surface area contributed by atoms with E-state index in [-0.39, 0.29) is 6.10 Å². The lowest BCUT2D eigenvalue weighted by molar-refractivity contribution is -0.0427. The van der Waals surface area contributed by atoms with Crippen molar-refractivity contribution in [1.82, 2.24) is 4.90 Å². The predicted octanol–water partition coefficient (Wildman–Crippen LogP) is 3.52. The number of furan rings is 1. The Morgan fingerprint density at radius 1 is 1.26 bits per heavy atom. The maximum atomic E-state index is 6.47. The summed E-state index contributed by atoms with van der Waals surface area (Å²) in [6.07, 6.45) is 1.63. The highest BCUT2D eigenvalue weighted by Gasteiger charge is 2.25. The second-order valence-corrected chi connectivity index (χ2v) is 5.76. The highest BCUT2D eigenvalue weighted by molar-refractivity contribution is 6.33. The summed E-state index contributed by atoms with van der Waals surface area (Å²) in [5, 5.41) is 0.591. The number of nitrogens with zero attached hydrogens (tertiary/aromatic N) is 1. The van der Waals surface area contributed by atoms with Gasteiger partial charge in [0.15, 0.2) is 11.5 Å². The Balaban J connectivity index is 1.74. The molecule has 1 aliphatic rings. The minimum atomic E-state index is -0.0438. The first kappa shape index (κ1) is 16.2. The standard InChI is InChI=1S/C17H20ClNO4/c1-20-14-6-5-12(16(18)17(14)21-2)10-19-7-9-23-15(11-19)13-4-3-8-22-13/h3-6,8,15H,7,9-11H2,1-2H3/t15-/m0/s1. The number of ether oxygens (including phenoxy) is 3. The first-order valence-electron chi connectivity index (χ1n) is 7.49. The van der Waals surface area contributed by atoms with Crippen LogP contribution in [0, 0.1) is 0 Å². The van der Waals surface area contributed by atoms with Crippen molar-refractivity contribution >= 4 is 11.6 Å². The fraction of sp³-hybridized carbons (Fsp3) is 0.412. The lowest BCUT2D eigenvalue weighted by Gasteiger charge is -2.32. The van der Waals surface area contributed by atoms with Gasteiger partial charge in [0.05, 0.1) is 32.1 Å². The van der Waals surface area contributed by atoms with Crippen LogP contribution < -0.4 is 9.47 Å². The second-order valence-electron chi connectivity index (χ2n) is 5.38. The predicted molar refractivity (Wildman–Crippen MR) is 87.2 cm³/mol. The van der Waals surface area contributed by atoms with Crippen molar-refractivity contribution in [3.63, 3.8) is 0 Å². The molecule has 0 amide bonds. The Kier molecular flexibility index (Phi) is 5.10. The van der Waals surface area contributed by atoms with Gasteiger partial charge in [-0.1, -0.05) is 17.7 Å². The van der Waals surface area contributed by atoms with Crippen molar-refractivity contribution in [2.45, 2.75) is 12.6 Å². The van der Waals surface area contributed by atoms with Gasteiger partial charge in [0.1, 0.15) is 11.9 Å². The number of halogens is 1. The third-order valence-electron chi connectivity index (χ3n) is 3.97. The molecule has 0 radical (unpaired) electrons. The summed E-state index contributed by atoms with van der Waals surface area (Å²) in [4.78, 5) is 2.30. The van der Waals surface area contributed by atoms with Gasteiger partial charge in [-0.05, 0) is 23.8 Å². The van der Waals surface area contributed by atoms with E-state index >= 15 is 0 Å². The normalized spacial score (nSPS) is 18.8. The van der Waals surface area contributed by atoms with Gasteiger partial charge in [-0.3, -0.25) is 4.90 Å². The minimum Gasteiger partial charge on any atom is -0.493 e. The maximum absolute atomic E-state index is 6.47. The molecule has 0 unspecified atom stereocenters. The molecular formula is C17H20ClNO4. The van der Waals surface area contributed by atoms with E-state index in [1.807, 2.05) is 24.3 Å². The van der Waals surface area contributed by atoms with E-state index in [0.29, 0.717) is 23.1 Å². The average molecular weight is 338 g/mol. The van der Waals surface area contributed by atoms with Gasteiger partial charge in [-0.2, -0.15) is 0 Å². The molecule has 0 spiro atoms. The molecule has 1 atom stereocenters. The van der Waals surface area contributed by atoms with Crippen molar-refractivity contribution in [2.75, 3.05) is 33.9 Å². The van der Waals surface area contributed by atoms with Crippen LogP contribution in [0.15, 0.2) is 34.9 Å². The van der Waals surface area contributed by atoms with E-state index in [2.05, 4.69) is 4.90 Å². The summed E-state index contributed by atoms with van der Waals surface area (Å²) in [5.41, 5.74) is 1.00. The molecule has 124 valence electrons. The van der Waals surface area contributed by atoms with Crippen molar-refractivity contribution in [2.24, 2.45) is 0 Å². The van der Waals surface area contributed by atoms with Gasteiger partial charge < -0.3 is 18.6 Å². The van der Waals surface area contributed by atoms with Crippen LogP contribution in [0.4, 0.5) is 0 Å². The molecule has 5 nitrogen and oxygen atoms in total. The molecule has 0 bridgehead atoms. The molecule has 0 aliphatic carbocycles. The number of methoxy groups -OCH3 is 2. The minimum absolute atomic E-state index is 0.0438. The van der Waals surface area contributed by atoms with Gasteiger partial charge in [-0.15, -0.1) is 0 Å². The number of hydrogen-bond donors (Lipinski definition) is 0. The van der Waals surface area contributed by atoms with Crippen molar-refractivity contribution in [3.8, 4) is 11.5 Å². The number of benzene rings is 1. The van der Waals surface area contributed by atoms with E-state index in [9.17, 15) is 0 Å². The zero-order valence-electron chi connectivity index (χ0n) is 13.3. The summed E-state index contributed by atoms with van der Waals surface area (Å²) in [5.74, 6) is 2.06. The summed E-state index contributed by atoms with van der Waals surface area (Å²) >= 11 is 6.47. The van der Waals surface area contributed by atoms with Crippen LogP contribution in [0.3, 0.4) is 0 Å². The monoisotopic (exact) mass is 337 g/mol. The van der Waals surface area contributed by atoms with E-state index in [1.54, 1.807) is 20.5 Å². The van der Waals surface area contributed by atoms with Gasteiger partial charge >= 0.3 is 0 Å². The summed E-state index contributed by atoms with van der Waals surface area (Å²) in [6.45, 7) is 3.00. The molecule has 6 heteroatoms. The highest BCUT2D eigenvalue weighted by Crippen LogP contribution is 2.38. The van der Waals surface area contributed by atoms with Crippen LogP contribution >= 0.6 is 11.6 Å². The molecule has 1 aromatic carbocycles. The second kappa shape index (κ2) is 7.25. The Morgan fingerprint density at radius 2 is 2.13 bits per heavy atom. The summed E-state index contributed by atoms with van der Waals surface area (Å²) in [7, 11) is 3.19. The zero-order chi connectivity index (χ0) is 16.2. The molecule has 0 N–H and O–H groups in total. The fourth-order valence-electron chi connectivity index (χ4n) is 2.79. The molecule has 2 heterocycles. The van der Waals surface area contributed by atoms with Crippen molar-refractivity contribution in [1.29, 1.82) is 0 Å². The molecule has 1 saturated heterocycles. The molecule has 0 saturated carbocycles. The van der Waals surface area contributed by atoms with E-state index in [1.165, 1.54) is 0 Å². The van der Waals surface area contributed by atoms with Gasteiger partial charge in [-0.25, -0.2) is 0 Å². The molecule has 2 aromatic rings. The Bertz CT molecular complexity index is 644. The molecule has 1 aliphatic heterocycles. The van der Waals surface area contributed by atoms with Gasteiger partial charge in [0.25, 0.3) is 0 Å². The summed E-state index contributed by atoms with van der Waals surface area (Å²) < 4.78 is 21.9. The number of morpholine rings is 1. The van der Waals surface area contributed by atoms with Crippen molar-refractivity contribution < 1.29 is 18.6 Å². The highest BCUT2D eigenvalue weighted by atomic mass is 35.5. The lowest BCUT2D eigenvalue weighted by atomic mass is 10.1. The van der Waals surface area contributed by atoms with Gasteiger partial charge in [0, 0.05) is 19.6 Å². The van der Waals surface area contributed by atoms with Crippen LogP contribution in [0.1, 0.15) is 17.4 Å². The summed E-state index contributed by atoms with van der Waals surface area (Å²) in [6, 6.07) is 7.67. The average Bonchev–Trinajstić information content (AvgIpc) is 3.11. The Morgan fingerprint density at radius 3 is 2.83 bits per heavy atom. The molecule has 1 fully saturated rings. The van der Waals surface area contributed by atoms with Crippen LogP contribution in [-0.2, 0) is 11.3 Å².